The third kappa shape index (κ3) is 4.85. The lowest BCUT2D eigenvalue weighted by Gasteiger charge is -2.15. The lowest BCUT2D eigenvalue weighted by Crippen LogP contribution is -2.18. The Morgan fingerprint density at radius 2 is 2.04 bits per heavy atom. The van der Waals surface area contributed by atoms with Crippen LogP contribution in [0.15, 0.2) is 30.6 Å². The molecule has 0 spiro atoms. The van der Waals surface area contributed by atoms with Gasteiger partial charge in [0.1, 0.15) is 11.5 Å². The van der Waals surface area contributed by atoms with Crippen LogP contribution in [0.4, 0.5) is 11.5 Å². The number of halogens is 1. The number of nitrogens with one attached hydrogen (secondary N) is 2. The molecule has 0 aliphatic heterocycles. The fraction of sp³-hybridized carbons (Fsp3) is 0.421. The van der Waals surface area contributed by atoms with Crippen molar-refractivity contribution in [2.45, 2.75) is 51.7 Å². The van der Waals surface area contributed by atoms with Crippen LogP contribution >= 0.6 is 11.6 Å². The molecule has 1 aliphatic carbocycles. The molecule has 0 saturated heterocycles. The van der Waals surface area contributed by atoms with E-state index in [1.807, 2.05) is 13.8 Å². The Labute approximate surface area is 158 Å². The van der Waals surface area contributed by atoms with Crippen LogP contribution in [0.2, 0.25) is 5.02 Å². The van der Waals surface area contributed by atoms with Crippen molar-refractivity contribution in [1.82, 2.24) is 9.97 Å². The van der Waals surface area contributed by atoms with E-state index in [1.165, 1.54) is 19.0 Å². The van der Waals surface area contributed by atoms with Gasteiger partial charge in [0.15, 0.2) is 0 Å². The molecular formula is C19H23ClN4O2. The lowest BCUT2D eigenvalue weighted by atomic mass is 10.2. The van der Waals surface area contributed by atoms with E-state index < -0.39 is 0 Å². The predicted molar refractivity (Wildman–Crippen MR) is 103 cm³/mol. The van der Waals surface area contributed by atoms with Gasteiger partial charge in [0.25, 0.3) is 5.91 Å². The van der Waals surface area contributed by atoms with Crippen molar-refractivity contribution >= 4 is 29.0 Å². The standard InChI is InChI=1S/C19H23ClN4O2/c1-12(2)26-19-16(10-14(20)11-22-19)24-18(25)13-7-8-21-17(9-13)23-15-5-3-4-6-15/h7-12,15H,3-6H2,1-2H3,(H,21,23)(H,24,25). The first-order chi connectivity index (χ1) is 12.5. The zero-order chi connectivity index (χ0) is 18.5. The van der Waals surface area contributed by atoms with E-state index in [2.05, 4.69) is 20.6 Å². The molecule has 0 radical (unpaired) electrons. The highest BCUT2D eigenvalue weighted by Crippen LogP contribution is 2.27. The van der Waals surface area contributed by atoms with Crippen LogP contribution in [0.1, 0.15) is 49.9 Å². The average molecular weight is 375 g/mol. The molecule has 2 aromatic heterocycles. The van der Waals surface area contributed by atoms with Gasteiger partial charge in [-0.25, -0.2) is 9.97 Å². The molecule has 138 valence electrons. The number of hydrogen-bond donors (Lipinski definition) is 2. The minimum atomic E-state index is -0.264. The van der Waals surface area contributed by atoms with Crippen molar-refractivity contribution in [3.8, 4) is 5.88 Å². The zero-order valence-electron chi connectivity index (χ0n) is 15.0. The molecule has 1 aliphatic rings. The first kappa shape index (κ1) is 18.5. The Hall–Kier alpha value is -2.34. The van der Waals surface area contributed by atoms with Crippen LogP contribution < -0.4 is 15.4 Å². The summed E-state index contributed by atoms with van der Waals surface area (Å²) in [5, 5.41) is 6.65. The summed E-state index contributed by atoms with van der Waals surface area (Å²) >= 11 is 6.01. The lowest BCUT2D eigenvalue weighted by molar-refractivity contribution is 0.102. The first-order valence-corrected chi connectivity index (χ1v) is 9.25. The molecule has 0 bridgehead atoms. The molecule has 1 fully saturated rings. The number of hydrogen-bond acceptors (Lipinski definition) is 5. The van der Waals surface area contributed by atoms with Gasteiger partial charge in [-0.3, -0.25) is 4.79 Å². The Bertz CT molecular complexity index is 776. The van der Waals surface area contributed by atoms with E-state index >= 15 is 0 Å². The number of carbonyl (C=O) groups is 1. The molecule has 2 N–H and O–H groups in total. The monoisotopic (exact) mass is 374 g/mol. The predicted octanol–water partition coefficient (Wildman–Crippen LogP) is 4.52. The summed E-state index contributed by atoms with van der Waals surface area (Å²) in [4.78, 5) is 21.1. The Kier molecular flexibility index (Phi) is 5.93. The van der Waals surface area contributed by atoms with Crippen LogP contribution in [0.25, 0.3) is 0 Å². The van der Waals surface area contributed by atoms with E-state index in [9.17, 15) is 4.79 Å². The number of aromatic nitrogens is 2. The Morgan fingerprint density at radius 3 is 2.77 bits per heavy atom. The fourth-order valence-electron chi connectivity index (χ4n) is 2.96. The summed E-state index contributed by atoms with van der Waals surface area (Å²) in [6.07, 6.45) is 7.81. The third-order valence-electron chi connectivity index (χ3n) is 4.14. The van der Waals surface area contributed by atoms with Crippen molar-refractivity contribution in [3.63, 3.8) is 0 Å². The van der Waals surface area contributed by atoms with E-state index in [1.54, 1.807) is 24.4 Å². The number of nitrogens with zero attached hydrogens (tertiary/aromatic N) is 2. The van der Waals surface area contributed by atoms with Gasteiger partial charge >= 0.3 is 0 Å². The number of rotatable bonds is 6. The average Bonchev–Trinajstić information content (AvgIpc) is 3.10. The molecular weight excluding hydrogens is 352 g/mol. The van der Waals surface area contributed by atoms with Crippen molar-refractivity contribution in [3.05, 3.63) is 41.2 Å². The summed E-state index contributed by atoms with van der Waals surface area (Å²) in [6, 6.07) is 5.50. The maximum Gasteiger partial charge on any atom is 0.256 e. The van der Waals surface area contributed by atoms with Crippen LogP contribution in [0, 0.1) is 0 Å². The Balaban J connectivity index is 1.74. The second-order valence-electron chi connectivity index (χ2n) is 6.68. The molecule has 1 saturated carbocycles. The second-order valence-corrected chi connectivity index (χ2v) is 7.12. The molecule has 2 heterocycles. The van der Waals surface area contributed by atoms with E-state index in [4.69, 9.17) is 16.3 Å². The molecule has 7 heteroatoms. The maximum atomic E-state index is 12.7. The molecule has 0 unspecified atom stereocenters. The molecule has 6 nitrogen and oxygen atoms in total. The molecule has 3 rings (SSSR count). The number of pyridine rings is 2. The highest BCUT2D eigenvalue weighted by molar-refractivity contribution is 6.30. The summed E-state index contributed by atoms with van der Waals surface area (Å²) in [5.74, 6) is 0.795. The van der Waals surface area contributed by atoms with Crippen LogP contribution in [0.5, 0.6) is 5.88 Å². The van der Waals surface area contributed by atoms with E-state index in [0.717, 1.165) is 12.8 Å². The van der Waals surface area contributed by atoms with Crippen LogP contribution in [-0.2, 0) is 0 Å². The molecule has 1 amide bonds. The zero-order valence-corrected chi connectivity index (χ0v) is 15.7. The number of amides is 1. The van der Waals surface area contributed by atoms with Crippen molar-refractivity contribution in [2.75, 3.05) is 10.6 Å². The molecule has 0 aromatic carbocycles. The third-order valence-corrected chi connectivity index (χ3v) is 4.35. The van der Waals surface area contributed by atoms with Gasteiger partial charge in [-0.2, -0.15) is 0 Å². The summed E-state index contributed by atoms with van der Waals surface area (Å²) in [5.41, 5.74) is 0.953. The molecule has 26 heavy (non-hydrogen) atoms. The van der Waals surface area contributed by atoms with Gasteiger partial charge in [0, 0.05) is 24.0 Å². The van der Waals surface area contributed by atoms with Crippen molar-refractivity contribution in [1.29, 1.82) is 0 Å². The number of carbonyl (C=O) groups excluding carboxylic acids is 1. The van der Waals surface area contributed by atoms with Gasteiger partial charge in [0.05, 0.1) is 11.1 Å². The maximum absolute atomic E-state index is 12.7. The van der Waals surface area contributed by atoms with Crippen molar-refractivity contribution < 1.29 is 9.53 Å². The van der Waals surface area contributed by atoms with Crippen LogP contribution in [-0.4, -0.2) is 28.0 Å². The topological polar surface area (TPSA) is 76.1 Å². The largest absolute Gasteiger partial charge is 0.473 e. The minimum Gasteiger partial charge on any atom is -0.473 e. The van der Waals surface area contributed by atoms with Gasteiger partial charge < -0.3 is 15.4 Å². The highest BCUT2D eigenvalue weighted by atomic mass is 35.5. The van der Waals surface area contributed by atoms with Crippen LogP contribution in [0.3, 0.4) is 0 Å². The highest BCUT2D eigenvalue weighted by Gasteiger charge is 2.17. The van der Waals surface area contributed by atoms with Gasteiger partial charge in [-0.15, -0.1) is 0 Å². The normalized spacial score (nSPS) is 14.5. The van der Waals surface area contributed by atoms with Gasteiger partial charge in [-0.05, 0) is 44.9 Å². The number of anilines is 2. The fourth-order valence-corrected chi connectivity index (χ4v) is 3.12. The minimum absolute atomic E-state index is 0.0672. The molecule has 2 aromatic rings. The van der Waals surface area contributed by atoms with E-state index in [0.29, 0.717) is 34.0 Å². The molecule has 0 atom stereocenters. The van der Waals surface area contributed by atoms with Gasteiger partial charge in [-0.1, -0.05) is 24.4 Å². The summed E-state index contributed by atoms with van der Waals surface area (Å²) < 4.78 is 5.64. The smallest absolute Gasteiger partial charge is 0.256 e. The summed E-state index contributed by atoms with van der Waals surface area (Å²) in [6.45, 7) is 3.79. The second kappa shape index (κ2) is 8.36. The SMILES string of the molecule is CC(C)Oc1ncc(Cl)cc1NC(=O)c1ccnc(NC2CCCC2)c1. The Morgan fingerprint density at radius 1 is 1.27 bits per heavy atom. The summed E-state index contributed by atoms with van der Waals surface area (Å²) in [7, 11) is 0. The van der Waals surface area contributed by atoms with Crippen molar-refractivity contribution in [2.24, 2.45) is 0 Å². The quantitative estimate of drug-likeness (QED) is 0.777. The van der Waals surface area contributed by atoms with E-state index in [-0.39, 0.29) is 12.0 Å². The van der Waals surface area contributed by atoms with Gasteiger partial charge in [0.2, 0.25) is 5.88 Å². The first-order valence-electron chi connectivity index (χ1n) is 8.87. The number of ether oxygens (including phenoxy) is 1.